The second kappa shape index (κ2) is 6.05. The van der Waals surface area contributed by atoms with Crippen LogP contribution in [-0.4, -0.2) is 32.7 Å². The number of carbonyl (C=O) groups excluding carboxylic acids is 1. The summed E-state index contributed by atoms with van der Waals surface area (Å²) in [6.45, 7) is 7.02. The minimum Gasteiger partial charge on any atom is -0.466 e. The largest absolute Gasteiger partial charge is 0.466 e. The highest BCUT2D eigenvalue weighted by Gasteiger charge is 2.59. The summed E-state index contributed by atoms with van der Waals surface area (Å²) in [7, 11) is -2.38. The molecule has 0 amide bonds. The van der Waals surface area contributed by atoms with Crippen molar-refractivity contribution >= 4 is 14.3 Å². The Hall–Kier alpha value is -0.563. The smallest absolute Gasteiger partial charge is 0.416 e. The molecule has 0 spiro atoms. The third-order valence-electron chi connectivity index (χ3n) is 3.35. The Morgan fingerprint density at radius 2 is 1.95 bits per heavy atom. The lowest BCUT2D eigenvalue weighted by molar-refractivity contribution is -0.266. The quantitative estimate of drug-likeness (QED) is 0.583. The van der Waals surface area contributed by atoms with Gasteiger partial charge in [0.15, 0.2) is 13.9 Å². The third kappa shape index (κ3) is 4.21. The maximum absolute atomic E-state index is 13.5. The van der Waals surface area contributed by atoms with Crippen LogP contribution in [0.3, 0.4) is 0 Å². The Kier molecular flexibility index (Phi) is 5.29. The molecule has 2 unspecified atom stereocenters. The molecule has 0 bridgehead atoms. The van der Waals surface area contributed by atoms with Crippen LogP contribution in [-0.2, 0) is 14.0 Å². The van der Waals surface area contributed by atoms with Gasteiger partial charge in [0.2, 0.25) is 0 Å². The SMILES string of the molecule is CCOC(=O)C1CCCC(O[Si](C)(C)C)(C(F)(F)F)C1. The fourth-order valence-electron chi connectivity index (χ4n) is 2.69. The van der Waals surface area contributed by atoms with Crippen molar-refractivity contribution in [3.8, 4) is 0 Å². The molecule has 7 heteroatoms. The van der Waals surface area contributed by atoms with E-state index in [1.54, 1.807) is 26.6 Å². The maximum atomic E-state index is 13.5. The highest BCUT2D eigenvalue weighted by Crippen LogP contribution is 2.47. The summed E-state index contributed by atoms with van der Waals surface area (Å²) in [5.41, 5.74) is -2.19. The monoisotopic (exact) mass is 312 g/mol. The number of ether oxygens (including phenoxy) is 1. The minimum absolute atomic E-state index is 0.0727. The molecule has 1 aliphatic carbocycles. The van der Waals surface area contributed by atoms with Crippen molar-refractivity contribution in [3.63, 3.8) is 0 Å². The zero-order chi connectivity index (χ0) is 15.6. The lowest BCUT2D eigenvalue weighted by Gasteiger charge is -2.44. The molecule has 1 fully saturated rings. The molecule has 1 saturated carbocycles. The van der Waals surface area contributed by atoms with Crippen molar-refractivity contribution in [3.05, 3.63) is 0 Å². The van der Waals surface area contributed by atoms with Crippen LogP contribution in [0.1, 0.15) is 32.6 Å². The zero-order valence-electron chi connectivity index (χ0n) is 12.5. The van der Waals surface area contributed by atoms with E-state index in [0.717, 1.165) is 0 Å². The van der Waals surface area contributed by atoms with Crippen molar-refractivity contribution < 1.29 is 27.1 Å². The van der Waals surface area contributed by atoms with Crippen LogP contribution < -0.4 is 0 Å². The summed E-state index contributed by atoms with van der Waals surface area (Å²) in [5, 5.41) is 0. The van der Waals surface area contributed by atoms with E-state index < -0.39 is 32.0 Å². The van der Waals surface area contributed by atoms with E-state index in [9.17, 15) is 18.0 Å². The van der Waals surface area contributed by atoms with Gasteiger partial charge in [-0.25, -0.2) is 0 Å². The molecule has 0 aromatic carbocycles. The Labute approximate surface area is 119 Å². The predicted octanol–water partition coefficient (Wildman–Crippen LogP) is 3.89. The topological polar surface area (TPSA) is 35.5 Å². The summed E-state index contributed by atoms with van der Waals surface area (Å²) in [5.74, 6) is -1.26. The molecule has 0 aromatic rings. The van der Waals surface area contributed by atoms with E-state index >= 15 is 0 Å². The number of rotatable bonds is 4. The van der Waals surface area contributed by atoms with Crippen LogP contribution >= 0.6 is 0 Å². The Morgan fingerprint density at radius 1 is 1.35 bits per heavy atom. The van der Waals surface area contributed by atoms with Gasteiger partial charge < -0.3 is 9.16 Å². The van der Waals surface area contributed by atoms with Crippen LogP contribution in [0.5, 0.6) is 0 Å². The molecular formula is C13H23F3O3Si. The van der Waals surface area contributed by atoms with E-state index in [0.29, 0.717) is 12.8 Å². The van der Waals surface area contributed by atoms with Crippen molar-refractivity contribution in [2.45, 2.75) is 64.0 Å². The molecule has 1 aliphatic rings. The molecule has 2 atom stereocenters. The predicted molar refractivity (Wildman–Crippen MR) is 71.8 cm³/mol. The molecule has 0 radical (unpaired) electrons. The molecule has 1 rings (SSSR count). The van der Waals surface area contributed by atoms with Crippen molar-refractivity contribution in [2.24, 2.45) is 5.92 Å². The first-order valence-electron chi connectivity index (χ1n) is 6.94. The molecule has 0 aromatic heterocycles. The van der Waals surface area contributed by atoms with Gasteiger partial charge in [0.25, 0.3) is 0 Å². The second-order valence-electron chi connectivity index (χ2n) is 6.25. The fourth-order valence-corrected chi connectivity index (χ4v) is 4.16. The standard InChI is InChI=1S/C13H23F3O3Si/c1-5-18-11(17)10-7-6-8-12(9-10,13(14,15)16)19-20(2,3)4/h10H,5-9H2,1-4H3. The number of esters is 1. The first-order chi connectivity index (χ1) is 9.01. The highest BCUT2D eigenvalue weighted by molar-refractivity contribution is 6.69. The van der Waals surface area contributed by atoms with E-state index in [2.05, 4.69) is 0 Å². The molecule has 20 heavy (non-hydrogen) atoms. The average molecular weight is 312 g/mol. The lowest BCUT2D eigenvalue weighted by atomic mass is 9.77. The molecule has 3 nitrogen and oxygen atoms in total. The van der Waals surface area contributed by atoms with Crippen LogP contribution in [0.25, 0.3) is 0 Å². The Bertz CT molecular complexity index is 352. The normalized spacial score (nSPS) is 28.2. The van der Waals surface area contributed by atoms with Crippen LogP contribution in [0.2, 0.25) is 19.6 Å². The van der Waals surface area contributed by atoms with Gasteiger partial charge in [0.1, 0.15) is 0 Å². The third-order valence-corrected chi connectivity index (χ3v) is 4.35. The first-order valence-corrected chi connectivity index (χ1v) is 10.3. The highest BCUT2D eigenvalue weighted by atomic mass is 28.4. The van der Waals surface area contributed by atoms with Crippen molar-refractivity contribution in [2.75, 3.05) is 6.61 Å². The summed E-state index contributed by atoms with van der Waals surface area (Å²) >= 11 is 0. The van der Waals surface area contributed by atoms with Gasteiger partial charge in [-0.1, -0.05) is 0 Å². The van der Waals surface area contributed by atoms with Gasteiger partial charge in [-0.15, -0.1) is 0 Å². The summed E-state index contributed by atoms with van der Waals surface area (Å²) in [6, 6.07) is 0. The maximum Gasteiger partial charge on any atom is 0.416 e. The number of hydrogen-bond donors (Lipinski definition) is 0. The molecular weight excluding hydrogens is 289 g/mol. The second-order valence-corrected chi connectivity index (χ2v) is 10.7. The van der Waals surface area contributed by atoms with Crippen LogP contribution in [0.15, 0.2) is 0 Å². The molecule has 0 saturated heterocycles. The van der Waals surface area contributed by atoms with E-state index in [-0.39, 0.29) is 19.4 Å². The minimum atomic E-state index is -4.46. The number of halogens is 3. The summed E-state index contributed by atoms with van der Waals surface area (Å²) < 4.78 is 50.8. The van der Waals surface area contributed by atoms with E-state index in [1.807, 2.05) is 0 Å². The van der Waals surface area contributed by atoms with E-state index in [1.165, 1.54) is 0 Å². The molecule has 0 heterocycles. The van der Waals surface area contributed by atoms with Crippen LogP contribution in [0, 0.1) is 5.92 Å². The summed E-state index contributed by atoms with van der Waals surface area (Å²) in [6.07, 6.45) is -4.09. The van der Waals surface area contributed by atoms with E-state index in [4.69, 9.17) is 9.16 Å². The van der Waals surface area contributed by atoms with Gasteiger partial charge in [-0.2, -0.15) is 13.2 Å². The number of hydrogen-bond acceptors (Lipinski definition) is 3. The summed E-state index contributed by atoms with van der Waals surface area (Å²) in [4.78, 5) is 11.7. The first kappa shape index (κ1) is 17.5. The van der Waals surface area contributed by atoms with Crippen LogP contribution in [0.4, 0.5) is 13.2 Å². The van der Waals surface area contributed by atoms with Gasteiger partial charge in [-0.3, -0.25) is 4.79 Å². The average Bonchev–Trinajstić information content (AvgIpc) is 2.25. The van der Waals surface area contributed by atoms with Gasteiger partial charge >= 0.3 is 12.1 Å². The molecule has 118 valence electrons. The number of carbonyl (C=O) groups is 1. The Balaban J connectivity index is 2.97. The molecule has 0 aliphatic heterocycles. The van der Waals surface area contributed by atoms with Gasteiger partial charge in [0.05, 0.1) is 12.5 Å². The van der Waals surface area contributed by atoms with Crippen molar-refractivity contribution in [1.29, 1.82) is 0 Å². The lowest BCUT2D eigenvalue weighted by Crippen LogP contribution is -2.56. The fraction of sp³-hybridized carbons (Fsp3) is 0.923. The zero-order valence-corrected chi connectivity index (χ0v) is 13.5. The van der Waals surface area contributed by atoms with Gasteiger partial charge in [0, 0.05) is 0 Å². The Morgan fingerprint density at radius 3 is 2.40 bits per heavy atom. The van der Waals surface area contributed by atoms with Crippen molar-refractivity contribution in [1.82, 2.24) is 0 Å². The molecule has 0 N–H and O–H groups in total. The number of alkyl halides is 3. The van der Waals surface area contributed by atoms with Gasteiger partial charge in [-0.05, 0) is 52.2 Å².